The van der Waals surface area contributed by atoms with Crippen LogP contribution in [0.4, 0.5) is 17.1 Å². The molecule has 1 aliphatic rings. The smallest absolute Gasteiger partial charge is 0.136 e. The Labute approximate surface area is 375 Å². The van der Waals surface area contributed by atoms with Crippen LogP contribution in [0, 0.1) is 0 Å². The molecule has 13 rings (SSSR count). The van der Waals surface area contributed by atoms with Crippen molar-refractivity contribution in [3.8, 4) is 33.4 Å². The first-order chi connectivity index (χ1) is 31.7. The number of rotatable bonds is 7. The highest BCUT2D eigenvalue weighted by molar-refractivity contribution is 7.26. The van der Waals surface area contributed by atoms with Gasteiger partial charge in [0, 0.05) is 48.0 Å². The van der Waals surface area contributed by atoms with Crippen molar-refractivity contribution in [1.29, 1.82) is 0 Å². The van der Waals surface area contributed by atoms with Gasteiger partial charge >= 0.3 is 0 Å². The molecule has 0 radical (unpaired) electrons. The molecular formula is C61H39NOS. The Hall–Kier alpha value is -7.98. The molecule has 0 N–H and O–H groups in total. The average molecular weight is 834 g/mol. The molecule has 0 unspecified atom stereocenters. The van der Waals surface area contributed by atoms with E-state index < -0.39 is 5.41 Å². The summed E-state index contributed by atoms with van der Waals surface area (Å²) in [5.74, 6) is 0. The van der Waals surface area contributed by atoms with Gasteiger partial charge in [-0.2, -0.15) is 0 Å². The van der Waals surface area contributed by atoms with Crippen LogP contribution < -0.4 is 4.90 Å². The number of nitrogens with zero attached hydrogens (tertiary/aromatic N) is 1. The number of thiophene rings is 1. The second-order valence-electron chi connectivity index (χ2n) is 16.8. The van der Waals surface area contributed by atoms with Crippen LogP contribution in [-0.4, -0.2) is 0 Å². The van der Waals surface area contributed by atoms with Gasteiger partial charge in [-0.3, -0.25) is 0 Å². The molecule has 0 saturated carbocycles. The summed E-state index contributed by atoms with van der Waals surface area (Å²) in [5, 5.41) is 4.90. The van der Waals surface area contributed by atoms with Crippen molar-refractivity contribution in [2.75, 3.05) is 4.90 Å². The molecule has 0 aliphatic heterocycles. The molecule has 0 saturated heterocycles. The van der Waals surface area contributed by atoms with Crippen molar-refractivity contribution < 1.29 is 4.42 Å². The molecular weight excluding hydrogens is 795 g/mol. The molecule has 2 nitrogen and oxygen atoms in total. The van der Waals surface area contributed by atoms with E-state index in [4.69, 9.17) is 4.42 Å². The Kier molecular flexibility index (Phi) is 8.34. The molecule has 0 spiro atoms. The number of hydrogen-bond donors (Lipinski definition) is 0. The zero-order valence-electron chi connectivity index (χ0n) is 34.8. The van der Waals surface area contributed by atoms with Gasteiger partial charge in [0.2, 0.25) is 0 Å². The van der Waals surface area contributed by atoms with Gasteiger partial charge in [0.25, 0.3) is 0 Å². The monoisotopic (exact) mass is 833 g/mol. The van der Waals surface area contributed by atoms with Crippen LogP contribution in [0.2, 0.25) is 0 Å². The van der Waals surface area contributed by atoms with Crippen molar-refractivity contribution in [2.45, 2.75) is 5.41 Å². The van der Waals surface area contributed by atoms with Gasteiger partial charge in [-0.25, -0.2) is 0 Å². The largest absolute Gasteiger partial charge is 0.456 e. The van der Waals surface area contributed by atoms with E-state index in [1.165, 1.54) is 64.7 Å². The third-order valence-electron chi connectivity index (χ3n) is 13.4. The Morgan fingerprint density at radius 1 is 0.344 bits per heavy atom. The van der Waals surface area contributed by atoms with Crippen LogP contribution in [0.15, 0.2) is 241 Å². The molecule has 0 amide bonds. The molecule has 2 heterocycles. The lowest BCUT2D eigenvalue weighted by atomic mass is 9.68. The van der Waals surface area contributed by atoms with E-state index in [2.05, 4.69) is 229 Å². The van der Waals surface area contributed by atoms with E-state index in [0.717, 1.165) is 50.1 Å². The Morgan fingerprint density at radius 3 is 1.67 bits per heavy atom. The first-order valence-corrected chi connectivity index (χ1v) is 22.7. The highest BCUT2D eigenvalue weighted by atomic mass is 32.1. The molecule has 2 aromatic heterocycles. The maximum atomic E-state index is 6.30. The fourth-order valence-electron chi connectivity index (χ4n) is 10.5. The summed E-state index contributed by atoms with van der Waals surface area (Å²) in [6.07, 6.45) is 0. The third-order valence-corrected chi connectivity index (χ3v) is 14.6. The molecule has 3 heteroatoms. The standard InChI is InChI=1S/C61H39NOS/c1-3-14-43(15-4-1)61(44-16-5-2-6-17-44)55-23-10-7-18-49(55)54-39-47(35-37-56(54)61)62(45-31-26-40(27-32-45)42-30-36-51-50-19-8-11-24-57(50)63-58(51)38-42)46-33-28-41(29-34-46)48-21-13-22-53-52-20-9-12-25-59(52)64-60(48)53/h1-39H. The van der Waals surface area contributed by atoms with Crippen molar-refractivity contribution >= 4 is 70.5 Å². The van der Waals surface area contributed by atoms with E-state index in [0.29, 0.717) is 0 Å². The zero-order chi connectivity index (χ0) is 42.2. The van der Waals surface area contributed by atoms with Gasteiger partial charge in [0.05, 0.1) is 5.41 Å². The van der Waals surface area contributed by atoms with Crippen molar-refractivity contribution in [1.82, 2.24) is 0 Å². The van der Waals surface area contributed by atoms with Gasteiger partial charge in [0.1, 0.15) is 11.2 Å². The fourth-order valence-corrected chi connectivity index (χ4v) is 11.7. The van der Waals surface area contributed by atoms with Gasteiger partial charge in [-0.15, -0.1) is 11.3 Å². The summed E-state index contributed by atoms with van der Waals surface area (Å²) in [4.78, 5) is 2.41. The fraction of sp³-hybridized carbons (Fsp3) is 0.0164. The molecule has 300 valence electrons. The Bertz CT molecular complexity index is 3670. The molecule has 10 aromatic carbocycles. The number of furan rings is 1. The lowest BCUT2D eigenvalue weighted by molar-refractivity contribution is 0.669. The van der Waals surface area contributed by atoms with E-state index in [1.54, 1.807) is 0 Å². The maximum Gasteiger partial charge on any atom is 0.136 e. The van der Waals surface area contributed by atoms with Crippen LogP contribution in [0.5, 0.6) is 0 Å². The number of hydrogen-bond acceptors (Lipinski definition) is 3. The van der Waals surface area contributed by atoms with Crippen molar-refractivity contribution in [3.63, 3.8) is 0 Å². The third kappa shape index (κ3) is 5.58. The summed E-state index contributed by atoms with van der Waals surface area (Å²) in [6, 6.07) is 86.5. The van der Waals surface area contributed by atoms with Crippen molar-refractivity contribution in [2.24, 2.45) is 0 Å². The number of fused-ring (bicyclic) bond motifs is 9. The number of para-hydroxylation sites is 1. The Morgan fingerprint density at radius 2 is 0.906 bits per heavy atom. The minimum Gasteiger partial charge on any atom is -0.456 e. The zero-order valence-corrected chi connectivity index (χ0v) is 35.6. The van der Waals surface area contributed by atoms with Crippen LogP contribution in [0.25, 0.3) is 75.5 Å². The van der Waals surface area contributed by atoms with Crippen LogP contribution in [-0.2, 0) is 5.41 Å². The van der Waals surface area contributed by atoms with Gasteiger partial charge in [-0.05, 0) is 116 Å². The van der Waals surface area contributed by atoms with Gasteiger partial charge in [0.15, 0.2) is 0 Å². The predicted octanol–water partition coefficient (Wildman–Crippen LogP) is 17.1. The first kappa shape index (κ1) is 36.7. The quantitative estimate of drug-likeness (QED) is 0.159. The second kappa shape index (κ2) is 14.6. The summed E-state index contributed by atoms with van der Waals surface area (Å²) in [6.45, 7) is 0. The molecule has 0 atom stereocenters. The van der Waals surface area contributed by atoms with Crippen molar-refractivity contribution in [3.05, 3.63) is 259 Å². The minimum atomic E-state index is -0.463. The summed E-state index contributed by atoms with van der Waals surface area (Å²) in [7, 11) is 0. The summed E-state index contributed by atoms with van der Waals surface area (Å²) >= 11 is 1.87. The predicted molar refractivity (Wildman–Crippen MR) is 269 cm³/mol. The minimum absolute atomic E-state index is 0.463. The lowest BCUT2D eigenvalue weighted by Gasteiger charge is -2.34. The van der Waals surface area contributed by atoms with Crippen LogP contribution in [0.3, 0.4) is 0 Å². The molecule has 64 heavy (non-hydrogen) atoms. The highest BCUT2D eigenvalue weighted by Crippen LogP contribution is 2.57. The van der Waals surface area contributed by atoms with Crippen LogP contribution in [0.1, 0.15) is 22.3 Å². The average Bonchev–Trinajstić information content (AvgIpc) is 4.03. The van der Waals surface area contributed by atoms with Crippen LogP contribution >= 0.6 is 11.3 Å². The first-order valence-electron chi connectivity index (χ1n) is 21.9. The summed E-state index contributed by atoms with van der Waals surface area (Å²) in [5.41, 5.74) is 17.0. The lowest BCUT2D eigenvalue weighted by Crippen LogP contribution is -2.28. The van der Waals surface area contributed by atoms with E-state index in [-0.39, 0.29) is 0 Å². The molecule has 12 aromatic rings. The van der Waals surface area contributed by atoms with Gasteiger partial charge < -0.3 is 9.32 Å². The summed E-state index contributed by atoms with van der Waals surface area (Å²) < 4.78 is 8.93. The number of anilines is 3. The van der Waals surface area contributed by atoms with E-state index in [1.807, 2.05) is 23.5 Å². The van der Waals surface area contributed by atoms with Gasteiger partial charge in [-0.1, -0.05) is 176 Å². The second-order valence-corrected chi connectivity index (χ2v) is 17.8. The number of benzene rings is 10. The topological polar surface area (TPSA) is 16.4 Å². The van der Waals surface area contributed by atoms with E-state index in [9.17, 15) is 0 Å². The maximum absolute atomic E-state index is 6.30. The molecule has 0 bridgehead atoms. The molecule has 1 aliphatic carbocycles. The highest BCUT2D eigenvalue weighted by Gasteiger charge is 2.46. The SMILES string of the molecule is c1ccc(C2(c3ccccc3)c3ccccc3-c3cc(N(c4ccc(-c5ccc6c(c5)oc5ccccc56)cc4)c4ccc(-c5cccc6c5sc5ccccc56)cc4)ccc32)cc1. The molecule has 0 fully saturated rings. The Balaban J connectivity index is 0.965. The normalized spacial score (nSPS) is 12.8. The van der Waals surface area contributed by atoms with E-state index >= 15 is 0 Å².